The minimum absolute atomic E-state index is 0.118. The van der Waals surface area contributed by atoms with Crippen molar-refractivity contribution in [3.05, 3.63) is 42.5 Å². The monoisotopic (exact) mass is 233 g/mol. The molecule has 0 heterocycles. The van der Waals surface area contributed by atoms with Crippen molar-refractivity contribution in [3.8, 4) is 0 Å². The molecule has 0 saturated carbocycles. The molecular weight excluding hydrogens is 218 g/mol. The highest BCUT2D eigenvalue weighted by molar-refractivity contribution is 5.95. The van der Waals surface area contributed by atoms with Crippen LogP contribution in [0.5, 0.6) is 0 Å². The summed E-state index contributed by atoms with van der Waals surface area (Å²) in [5, 5.41) is 9.07. The minimum atomic E-state index is -1.06. The number of Topliss-reactive ketones (excluding diaryl/α,β-unsaturated/α-hetero) is 1. The molecule has 90 valence electrons. The topological polar surface area (TPSA) is 57.6 Å². The highest BCUT2D eigenvalue weighted by Crippen LogP contribution is 2.14. The third-order valence-electron chi connectivity index (χ3n) is 2.34. The Kier molecular flexibility index (Phi) is 4.46. The van der Waals surface area contributed by atoms with E-state index in [-0.39, 0.29) is 18.7 Å². The summed E-state index contributed by atoms with van der Waals surface area (Å²) in [5.41, 5.74) is 1.01. The number of nitrogens with zero attached hydrogens (tertiary/aromatic N) is 1. The number of rotatable bonds is 5. The molecule has 1 aromatic carbocycles. The number of carbonyl (C=O) groups is 2. The molecule has 0 aliphatic heterocycles. The molecule has 0 atom stereocenters. The number of allylic oxidation sites excluding steroid dienone is 1. The summed E-state index contributed by atoms with van der Waals surface area (Å²) in [6, 6.07) is 8.71. The van der Waals surface area contributed by atoms with E-state index in [1.807, 2.05) is 6.07 Å². The van der Waals surface area contributed by atoms with Crippen molar-refractivity contribution in [3.63, 3.8) is 0 Å². The lowest BCUT2D eigenvalue weighted by Crippen LogP contribution is -2.31. The van der Waals surface area contributed by atoms with Crippen LogP contribution in [0, 0.1) is 0 Å². The first-order valence-electron chi connectivity index (χ1n) is 5.26. The van der Waals surface area contributed by atoms with Gasteiger partial charge in [-0.1, -0.05) is 24.8 Å². The fraction of sp³-hybridized carbons (Fsp3) is 0.231. The molecule has 0 unspecified atom stereocenters. The predicted molar refractivity (Wildman–Crippen MR) is 66.3 cm³/mol. The van der Waals surface area contributed by atoms with Gasteiger partial charge in [-0.25, -0.2) is 4.79 Å². The van der Waals surface area contributed by atoms with Crippen LogP contribution in [0.3, 0.4) is 0 Å². The number of benzene rings is 1. The lowest BCUT2D eigenvalue weighted by molar-refractivity contribution is -0.115. The molecule has 0 aliphatic carbocycles. The average molecular weight is 233 g/mol. The van der Waals surface area contributed by atoms with Crippen molar-refractivity contribution >= 4 is 17.6 Å². The van der Waals surface area contributed by atoms with Gasteiger partial charge in [-0.15, -0.1) is 0 Å². The summed E-state index contributed by atoms with van der Waals surface area (Å²) in [6.45, 7) is 5.30. The van der Waals surface area contributed by atoms with Gasteiger partial charge in [-0.2, -0.15) is 0 Å². The van der Waals surface area contributed by atoms with Gasteiger partial charge in [0.15, 0.2) is 5.78 Å². The highest BCUT2D eigenvalue weighted by atomic mass is 16.4. The standard InChI is InChI=1S/C13H15NO3/c1-10(2)12(15)8-9-14(13(16)17)11-6-4-3-5-7-11/h3-7H,1,8-9H2,2H3,(H,16,17). The molecule has 1 N–H and O–H groups in total. The van der Waals surface area contributed by atoms with E-state index in [2.05, 4.69) is 6.58 Å². The molecule has 4 heteroatoms. The van der Waals surface area contributed by atoms with Crippen LogP contribution in [0.4, 0.5) is 10.5 Å². The van der Waals surface area contributed by atoms with E-state index in [0.717, 1.165) is 4.90 Å². The molecular formula is C13H15NO3. The van der Waals surface area contributed by atoms with Crippen LogP contribution in [-0.4, -0.2) is 23.5 Å². The molecule has 0 fully saturated rings. The van der Waals surface area contributed by atoms with Gasteiger partial charge in [0.1, 0.15) is 0 Å². The van der Waals surface area contributed by atoms with Crippen LogP contribution in [0.1, 0.15) is 13.3 Å². The second-order valence-corrected chi connectivity index (χ2v) is 3.72. The summed E-state index contributed by atoms with van der Waals surface area (Å²) < 4.78 is 0. The molecule has 0 aromatic heterocycles. The summed E-state index contributed by atoms with van der Waals surface area (Å²) in [5.74, 6) is -0.118. The number of hydrogen-bond donors (Lipinski definition) is 1. The molecule has 1 amide bonds. The van der Waals surface area contributed by atoms with E-state index in [0.29, 0.717) is 11.3 Å². The normalized spacial score (nSPS) is 9.71. The summed E-state index contributed by atoms with van der Waals surface area (Å²) in [4.78, 5) is 23.6. The van der Waals surface area contributed by atoms with Gasteiger partial charge >= 0.3 is 6.09 Å². The van der Waals surface area contributed by atoms with E-state index < -0.39 is 6.09 Å². The largest absolute Gasteiger partial charge is 0.465 e. The first-order chi connectivity index (χ1) is 8.02. The summed E-state index contributed by atoms with van der Waals surface area (Å²) in [6.07, 6.45) is -0.915. The Morgan fingerprint density at radius 1 is 1.29 bits per heavy atom. The van der Waals surface area contributed by atoms with Crippen LogP contribution < -0.4 is 4.90 Å². The van der Waals surface area contributed by atoms with E-state index >= 15 is 0 Å². The number of amides is 1. The molecule has 0 spiro atoms. The number of ketones is 1. The van der Waals surface area contributed by atoms with Gasteiger partial charge in [0.05, 0.1) is 0 Å². The number of carboxylic acid groups (broad SMARTS) is 1. The maximum atomic E-state index is 11.4. The van der Waals surface area contributed by atoms with Crippen molar-refractivity contribution < 1.29 is 14.7 Å². The maximum absolute atomic E-state index is 11.4. The maximum Gasteiger partial charge on any atom is 0.411 e. The quantitative estimate of drug-likeness (QED) is 0.795. The van der Waals surface area contributed by atoms with Gasteiger partial charge in [0.25, 0.3) is 0 Å². The number of para-hydroxylation sites is 1. The average Bonchev–Trinajstić information content (AvgIpc) is 2.29. The Bertz CT molecular complexity index is 426. The Morgan fingerprint density at radius 2 is 1.88 bits per heavy atom. The minimum Gasteiger partial charge on any atom is -0.465 e. The first-order valence-corrected chi connectivity index (χ1v) is 5.26. The van der Waals surface area contributed by atoms with Gasteiger partial charge in [-0.05, 0) is 24.6 Å². The Hall–Kier alpha value is -2.10. The molecule has 1 aromatic rings. The van der Waals surface area contributed by atoms with Crippen molar-refractivity contribution in [2.24, 2.45) is 0 Å². The SMILES string of the molecule is C=C(C)C(=O)CCN(C(=O)O)c1ccccc1. The molecule has 0 radical (unpaired) electrons. The lowest BCUT2D eigenvalue weighted by Gasteiger charge is -2.18. The number of anilines is 1. The number of carbonyl (C=O) groups excluding carboxylic acids is 1. The highest BCUT2D eigenvalue weighted by Gasteiger charge is 2.15. The molecule has 17 heavy (non-hydrogen) atoms. The van der Waals surface area contributed by atoms with Crippen LogP contribution >= 0.6 is 0 Å². The van der Waals surface area contributed by atoms with Gasteiger partial charge < -0.3 is 5.11 Å². The molecule has 4 nitrogen and oxygen atoms in total. The van der Waals surface area contributed by atoms with Crippen molar-refractivity contribution in [2.45, 2.75) is 13.3 Å². The van der Waals surface area contributed by atoms with Gasteiger partial charge in [-0.3, -0.25) is 9.69 Å². The first kappa shape index (κ1) is 13.0. The molecule has 1 rings (SSSR count). The van der Waals surface area contributed by atoms with Crippen LogP contribution in [0.15, 0.2) is 42.5 Å². The number of hydrogen-bond acceptors (Lipinski definition) is 2. The zero-order valence-electron chi connectivity index (χ0n) is 9.72. The Balaban J connectivity index is 2.72. The second-order valence-electron chi connectivity index (χ2n) is 3.72. The third kappa shape index (κ3) is 3.75. The molecule has 0 bridgehead atoms. The van der Waals surface area contributed by atoms with Gasteiger partial charge in [0.2, 0.25) is 0 Å². The van der Waals surface area contributed by atoms with Crippen LogP contribution in [-0.2, 0) is 4.79 Å². The van der Waals surface area contributed by atoms with Crippen molar-refractivity contribution in [1.82, 2.24) is 0 Å². The van der Waals surface area contributed by atoms with Crippen LogP contribution in [0.25, 0.3) is 0 Å². The smallest absolute Gasteiger partial charge is 0.411 e. The predicted octanol–water partition coefficient (Wildman–Crippen LogP) is 2.71. The zero-order chi connectivity index (χ0) is 12.8. The fourth-order valence-electron chi connectivity index (χ4n) is 1.37. The third-order valence-corrected chi connectivity index (χ3v) is 2.34. The summed E-state index contributed by atoms with van der Waals surface area (Å²) in [7, 11) is 0. The van der Waals surface area contributed by atoms with E-state index in [9.17, 15) is 9.59 Å². The van der Waals surface area contributed by atoms with Crippen molar-refractivity contribution in [2.75, 3.05) is 11.4 Å². The molecule has 0 aliphatic rings. The lowest BCUT2D eigenvalue weighted by atomic mass is 10.1. The fourth-order valence-corrected chi connectivity index (χ4v) is 1.37. The molecule has 0 saturated heterocycles. The Morgan fingerprint density at radius 3 is 2.35 bits per heavy atom. The van der Waals surface area contributed by atoms with E-state index in [1.54, 1.807) is 31.2 Å². The van der Waals surface area contributed by atoms with E-state index in [4.69, 9.17) is 5.11 Å². The van der Waals surface area contributed by atoms with Gasteiger partial charge in [0, 0.05) is 18.7 Å². The van der Waals surface area contributed by atoms with Crippen LogP contribution in [0.2, 0.25) is 0 Å². The van der Waals surface area contributed by atoms with Crippen molar-refractivity contribution in [1.29, 1.82) is 0 Å². The summed E-state index contributed by atoms with van der Waals surface area (Å²) >= 11 is 0. The second kappa shape index (κ2) is 5.84. The zero-order valence-corrected chi connectivity index (χ0v) is 9.72. The van der Waals surface area contributed by atoms with E-state index in [1.165, 1.54) is 0 Å². The Labute approximate surface area is 100 Å².